The SMILES string of the molecule is CCC1CCC(C)N1C(=O)c1sc(NC2CCC2)nc1N. The lowest BCUT2D eigenvalue weighted by Gasteiger charge is -2.27. The Balaban J connectivity index is 1.77. The van der Waals surface area contributed by atoms with Gasteiger partial charge in [-0.05, 0) is 45.4 Å². The van der Waals surface area contributed by atoms with Crippen molar-refractivity contribution in [3.8, 4) is 0 Å². The Morgan fingerprint density at radius 3 is 2.81 bits per heavy atom. The number of nitrogen functional groups attached to an aromatic ring is 1. The lowest BCUT2D eigenvalue weighted by molar-refractivity contribution is 0.0682. The van der Waals surface area contributed by atoms with Gasteiger partial charge in [-0.3, -0.25) is 4.79 Å². The van der Waals surface area contributed by atoms with Crippen molar-refractivity contribution in [2.75, 3.05) is 11.1 Å². The molecule has 1 aliphatic carbocycles. The Bertz CT molecular complexity index is 526. The fourth-order valence-corrected chi connectivity index (χ4v) is 4.14. The summed E-state index contributed by atoms with van der Waals surface area (Å²) in [5.41, 5.74) is 5.99. The maximum absolute atomic E-state index is 12.8. The molecule has 3 rings (SSSR count). The molecule has 1 saturated carbocycles. The third-order valence-electron chi connectivity index (χ3n) is 4.77. The third kappa shape index (κ3) is 2.73. The van der Waals surface area contributed by atoms with Crippen LogP contribution in [-0.4, -0.2) is 33.9 Å². The fourth-order valence-electron chi connectivity index (χ4n) is 3.23. The summed E-state index contributed by atoms with van der Waals surface area (Å²) >= 11 is 1.41. The van der Waals surface area contributed by atoms with Crippen LogP contribution in [0.1, 0.15) is 62.0 Å². The highest BCUT2D eigenvalue weighted by Crippen LogP contribution is 2.34. The van der Waals surface area contributed by atoms with E-state index in [4.69, 9.17) is 5.73 Å². The van der Waals surface area contributed by atoms with E-state index in [2.05, 4.69) is 24.1 Å². The number of nitrogens with zero attached hydrogens (tertiary/aromatic N) is 2. The molecular weight excluding hydrogens is 284 g/mol. The molecular formula is C15H24N4OS. The van der Waals surface area contributed by atoms with Crippen LogP contribution < -0.4 is 11.1 Å². The molecule has 2 aliphatic rings. The van der Waals surface area contributed by atoms with E-state index < -0.39 is 0 Å². The average Bonchev–Trinajstić information content (AvgIpc) is 2.96. The minimum Gasteiger partial charge on any atom is -0.382 e. The molecule has 1 aromatic rings. The number of carbonyl (C=O) groups is 1. The number of rotatable bonds is 4. The van der Waals surface area contributed by atoms with Gasteiger partial charge < -0.3 is 16.0 Å². The summed E-state index contributed by atoms with van der Waals surface area (Å²) in [5, 5.41) is 4.17. The number of carbonyl (C=O) groups excluding carboxylic acids is 1. The van der Waals surface area contributed by atoms with E-state index in [0.29, 0.717) is 28.8 Å². The average molecular weight is 308 g/mol. The molecule has 5 nitrogen and oxygen atoms in total. The van der Waals surface area contributed by atoms with Crippen molar-refractivity contribution in [2.45, 2.75) is 70.5 Å². The molecule has 2 atom stereocenters. The molecule has 1 amide bonds. The van der Waals surface area contributed by atoms with E-state index in [9.17, 15) is 4.79 Å². The first-order valence-corrected chi connectivity index (χ1v) is 8.77. The van der Waals surface area contributed by atoms with Gasteiger partial charge >= 0.3 is 0 Å². The highest BCUT2D eigenvalue weighted by molar-refractivity contribution is 7.18. The number of amides is 1. The van der Waals surface area contributed by atoms with Crippen LogP contribution in [0.15, 0.2) is 0 Å². The number of hydrogen-bond acceptors (Lipinski definition) is 5. The van der Waals surface area contributed by atoms with E-state index in [-0.39, 0.29) is 5.91 Å². The highest BCUT2D eigenvalue weighted by atomic mass is 32.1. The van der Waals surface area contributed by atoms with Gasteiger partial charge in [0.1, 0.15) is 10.7 Å². The normalized spacial score (nSPS) is 25.9. The van der Waals surface area contributed by atoms with E-state index >= 15 is 0 Å². The minimum absolute atomic E-state index is 0.0588. The zero-order valence-corrected chi connectivity index (χ0v) is 13.6. The van der Waals surface area contributed by atoms with Gasteiger partial charge in [0.05, 0.1) is 0 Å². The van der Waals surface area contributed by atoms with Crippen LogP contribution in [0.5, 0.6) is 0 Å². The van der Waals surface area contributed by atoms with Gasteiger partial charge in [0.25, 0.3) is 5.91 Å². The van der Waals surface area contributed by atoms with Crippen molar-refractivity contribution in [1.82, 2.24) is 9.88 Å². The summed E-state index contributed by atoms with van der Waals surface area (Å²) in [4.78, 5) is 19.8. The van der Waals surface area contributed by atoms with Crippen LogP contribution in [0.25, 0.3) is 0 Å². The monoisotopic (exact) mass is 308 g/mol. The molecule has 21 heavy (non-hydrogen) atoms. The molecule has 1 aliphatic heterocycles. The van der Waals surface area contributed by atoms with Gasteiger partial charge in [0.2, 0.25) is 0 Å². The second kappa shape index (κ2) is 5.83. The van der Waals surface area contributed by atoms with Crippen molar-refractivity contribution >= 4 is 28.2 Å². The molecule has 2 fully saturated rings. The first kappa shape index (κ1) is 14.6. The van der Waals surface area contributed by atoms with Gasteiger partial charge in [-0.1, -0.05) is 18.3 Å². The van der Waals surface area contributed by atoms with E-state index in [1.165, 1.54) is 30.6 Å². The number of aromatic nitrogens is 1. The molecule has 6 heteroatoms. The fraction of sp³-hybridized carbons (Fsp3) is 0.733. The summed E-state index contributed by atoms with van der Waals surface area (Å²) in [7, 11) is 0. The van der Waals surface area contributed by atoms with Gasteiger partial charge in [-0.15, -0.1) is 0 Å². The Morgan fingerprint density at radius 2 is 2.19 bits per heavy atom. The van der Waals surface area contributed by atoms with Crippen molar-refractivity contribution in [1.29, 1.82) is 0 Å². The number of thiazole rings is 1. The van der Waals surface area contributed by atoms with Gasteiger partial charge in [-0.2, -0.15) is 0 Å². The third-order valence-corrected chi connectivity index (χ3v) is 5.76. The number of anilines is 2. The first-order valence-electron chi connectivity index (χ1n) is 7.95. The van der Waals surface area contributed by atoms with Crippen LogP contribution in [0.4, 0.5) is 10.9 Å². The summed E-state index contributed by atoms with van der Waals surface area (Å²) in [6.45, 7) is 4.26. The molecule has 1 aromatic heterocycles. The van der Waals surface area contributed by atoms with Crippen molar-refractivity contribution in [3.63, 3.8) is 0 Å². The number of nitrogens with one attached hydrogen (secondary N) is 1. The maximum atomic E-state index is 12.8. The van der Waals surface area contributed by atoms with E-state index in [1.807, 2.05) is 4.90 Å². The Hall–Kier alpha value is -1.30. The molecule has 1 saturated heterocycles. The van der Waals surface area contributed by atoms with Gasteiger partial charge in [-0.25, -0.2) is 4.98 Å². The second-order valence-electron chi connectivity index (χ2n) is 6.21. The van der Waals surface area contributed by atoms with Crippen molar-refractivity contribution in [2.24, 2.45) is 0 Å². The molecule has 0 spiro atoms. The first-order chi connectivity index (χ1) is 10.1. The minimum atomic E-state index is 0.0588. The number of hydrogen-bond donors (Lipinski definition) is 2. The van der Waals surface area contributed by atoms with E-state index in [0.717, 1.165) is 24.4 Å². The predicted molar refractivity (Wildman–Crippen MR) is 86.7 cm³/mol. The van der Waals surface area contributed by atoms with Crippen LogP contribution in [-0.2, 0) is 0 Å². The summed E-state index contributed by atoms with van der Waals surface area (Å²) in [6.07, 6.45) is 6.81. The molecule has 0 aromatic carbocycles. The molecule has 116 valence electrons. The lowest BCUT2D eigenvalue weighted by Crippen LogP contribution is -2.39. The maximum Gasteiger partial charge on any atom is 0.268 e. The largest absolute Gasteiger partial charge is 0.382 e. The summed E-state index contributed by atoms with van der Waals surface area (Å²) in [5.74, 6) is 0.435. The zero-order chi connectivity index (χ0) is 15.0. The molecule has 3 N–H and O–H groups in total. The summed E-state index contributed by atoms with van der Waals surface area (Å²) in [6, 6.07) is 1.15. The smallest absolute Gasteiger partial charge is 0.268 e. The van der Waals surface area contributed by atoms with Crippen molar-refractivity contribution < 1.29 is 4.79 Å². The molecule has 2 heterocycles. The lowest BCUT2D eigenvalue weighted by atomic mass is 9.93. The topological polar surface area (TPSA) is 71.2 Å². The predicted octanol–water partition coefficient (Wildman–Crippen LogP) is 3.09. The number of nitrogens with two attached hydrogens (primary N) is 1. The van der Waals surface area contributed by atoms with Crippen molar-refractivity contribution in [3.05, 3.63) is 4.88 Å². The standard InChI is InChI=1S/C15H24N4OS/c1-3-11-8-7-9(2)19(11)14(20)12-13(16)18-15(21-12)17-10-5-4-6-10/h9-11H,3-8,16H2,1-2H3,(H,17,18). The number of likely N-dealkylation sites (tertiary alicyclic amines) is 1. The van der Waals surface area contributed by atoms with Crippen LogP contribution in [0, 0.1) is 0 Å². The molecule has 2 unspecified atom stereocenters. The van der Waals surface area contributed by atoms with Gasteiger partial charge in [0, 0.05) is 18.1 Å². The zero-order valence-electron chi connectivity index (χ0n) is 12.8. The summed E-state index contributed by atoms with van der Waals surface area (Å²) < 4.78 is 0. The van der Waals surface area contributed by atoms with Gasteiger partial charge in [0.15, 0.2) is 5.13 Å². The highest BCUT2D eigenvalue weighted by Gasteiger charge is 2.35. The quantitative estimate of drug-likeness (QED) is 0.896. The van der Waals surface area contributed by atoms with E-state index in [1.54, 1.807) is 0 Å². The Kier molecular flexibility index (Phi) is 4.06. The van der Waals surface area contributed by atoms with Crippen LogP contribution in [0.3, 0.4) is 0 Å². The Morgan fingerprint density at radius 1 is 1.43 bits per heavy atom. The molecule has 0 radical (unpaired) electrons. The molecule has 0 bridgehead atoms. The van der Waals surface area contributed by atoms with Crippen LogP contribution >= 0.6 is 11.3 Å². The van der Waals surface area contributed by atoms with Crippen LogP contribution in [0.2, 0.25) is 0 Å². The second-order valence-corrected chi connectivity index (χ2v) is 7.21. The Labute approximate surface area is 129 Å².